The standard InChI is InChI=1S/C20H32O2.C4H12N/c1-2-3-4-5-6-7-8-9-10-11-12-13-14-15-16-17-18-19-20(21)22;1-5(2,3)4/h6-7,9-10,12-13,15-16H,2-5,8,11,14,17-19H2,1H3,(H,21,22);1-4H3/q;+1/p-1/b7-6-,10-9-,13-12-,16-15-;. The van der Waals surface area contributed by atoms with Crippen molar-refractivity contribution >= 4 is 5.97 Å². The van der Waals surface area contributed by atoms with Gasteiger partial charge in [0.15, 0.2) is 0 Å². The van der Waals surface area contributed by atoms with E-state index in [1.165, 1.54) is 25.7 Å². The molecule has 0 saturated heterocycles. The summed E-state index contributed by atoms with van der Waals surface area (Å²) >= 11 is 0. The van der Waals surface area contributed by atoms with Crippen molar-refractivity contribution in [3.05, 3.63) is 48.6 Å². The van der Waals surface area contributed by atoms with E-state index in [2.05, 4.69) is 77.6 Å². The third-order valence-electron chi connectivity index (χ3n) is 3.21. The van der Waals surface area contributed by atoms with Crippen LogP contribution < -0.4 is 5.11 Å². The summed E-state index contributed by atoms with van der Waals surface area (Å²) in [6, 6.07) is 0. The van der Waals surface area contributed by atoms with E-state index in [4.69, 9.17) is 0 Å². The number of rotatable bonds is 14. The molecule has 0 amide bonds. The van der Waals surface area contributed by atoms with E-state index in [9.17, 15) is 9.90 Å². The van der Waals surface area contributed by atoms with E-state index in [1.807, 2.05) is 6.08 Å². The summed E-state index contributed by atoms with van der Waals surface area (Å²) in [6.07, 6.45) is 27.0. The Hall–Kier alpha value is -1.61. The Morgan fingerprint density at radius 2 is 1.07 bits per heavy atom. The van der Waals surface area contributed by atoms with Gasteiger partial charge in [-0.05, 0) is 51.4 Å². The first-order valence-corrected chi connectivity index (χ1v) is 10.4. The number of aliphatic carboxylic acids is 1. The van der Waals surface area contributed by atoms with Gasteiger partial charge >= 0.3 is 0 Å². The third kappa shape index (κ3) is 40.4. The molecular weight excluding hydrogens is 334 g/mol. The van der Waals surface area contributed by atoms with Crippen LogP contribution >= 0.6 is 0 Å². The molecule has 0 atom stereocenters. The van der Waals surface area contributed by atoms with Crippen LogP contribution in [0.3, 0.4) is 0 Å². The highest BCUT2D eigenvalue weighted by atomic mass is 16.4. The average Bonchev–Trinajstić information content (AvgIpc) is 2.56. The van der Waals surface area contributed by atoms with Crippen molar-refractivity contribution in [3.63, 3.8) is 0 Å². The molecule has 0 unspecified atom stereocenters. The van der Waals surface area contributed by atoms with E-state index >= 15 is 0 Å². The molecule has 27 heavy (non-hydrogen) atoms. The highest BCUT2D eigenvalue weighted by Crippen LogP contribution is 2.01. The van der Waals surface area contributed by atoms with Gasteiger partial charge < -0.3 is 14.4 Å². The minimum atomic E-state index is -0.962. The number of carboxylic acid groups (broad SMARTS) is 1. The number of hydrogen-bond donors (Lipinski definition) is 0. The Morgan fingerprint density at radius 1 is 0.704 bits per heavy atom. The molecule has 0 bridgehead atoms. The number of hydrogen-bond acceptors (Lipinski definition) is 2. The maximum Gasteiger partial charge on any atom is 0.0675 e. The number of unbranched alkanes of at least 4 members (excludes halogenated alkanes) is 4. The second kappa shape index (κ2) is 20.7. The van der Waals surface area contributed by atoms with Crippen LogP contribution in [0, 0.1) is 0 Å². The fourth-order valence-corrected chi connectivity index (χ4v) is 1.93. The predicted octanol–water partition coefficient (Wildman–Crippen LogP) is 5.20. The summed E-state index contributed by atoms with van der Waals surface area (Å²) in [5.74, 6) is -0.962. The molecule has 0 N–H and O–H groups in total. The number of nitrogens with zero attached hydrogens (tertiary/aromatic N) is 1. The van der Waals surface area contributed by atoms with Crippen molar-refractivity contribution in [2.24, 2.45) is 0 Å². The van der Waals surface area contributed by atoms with Crippen LogP contribution in [0.2, 0.25) is 0 Å². The summed E-state index contributed by atoms with van der Waals surface area (Å²) in [5, 5.41) is 10.2. The summed E-state index contributed by atoms with van der Waals surface area (Å²) < 4.78 is 1.00. The lowest BCUT2D eigenvalue weighted by Gasteiger charge is -2.14. The molecule has 0 spiro atoms. The molecular formula is C24H43NO2. The largest absolute Gasteiger partial charge is 0.550 e. The number of allylic oxidation sites excluding steroid dienone is 8. The number of carbonyl (C=O) groups is 1. The summed E-state index contributed by atoms with van der Waals surface area (Å²) in [5.41, 5.74) is 0. The zero-order chi connectivity index (χ0) is 20.8. The molecule has 0 aromatic heterocycles. The van der Waals surface area contributed by atoms with Gasteiger partial charge in [-0.3, -0.25) is 0 Å². The quantitative estimate of drug-likeness (QED) is 0.237. The Kier molecular flexibility index (Phi) is 21.2. The highest BCUT2D eigenvalue weighted by molar-refractivity contribution is 5.64. The molecule has 3 heteroatoms. The molecule has 0 rings (SSSR count). The minimum Gasteiger partial charge on any atom is -0.550 e. The molecule has 0 aromatic carbocycles. The molecule has 156 valence electrons. The maximum atomic E-state index is 10.2. The van der Waals surface area contributed by atoms with Crippen LogP contribution in [-0.4, -0.2) is 38.6 Å². The van der Waals surface area contributed by atoms with Crippen molar-refractivity contribution in [2.45, 2.75) is 71.1 Å². The molecule has 3 nitrogen and oxygen atoms in total. The number of quaternary nitrogens is 1. The van der Waals surface area contributed by atoms with E-state index < -0.39 is 5.97 Å². The molecule has 0 saturated carbocycles. The maximum absolute atomic E-state index is 10.2. The molecule has 0 aliphatic carbocycles. The van der Waals surface area contributed by atoms with Gasteiger partial charge in [-0.15, -0.1) is 0 Å². The zero-order valence-electron chi connectivity index (χ0n) is 18.5. The van der Waals surface area contributed by atoms with Gasteiger partial charge in [-0.25, -0.2) is 0 Å². The lowest BCUT2D eigenvalue weighted by Crippen LogP contribution is -2.27. The Balaban J connectivity index is 0. The molecule has 0 radical (unpaired) electrons. The van der Waals surface area contributed by atoms with Crippen LogP contribution in [0.5, 0.6) is 0 Å². The van der Waals surface area contributed by atoms with Gasteiger partial charge in [0.2, 0.25) is 0 Å². The molecule has 0 heterocycles. The van der Waals surface area contributed by atoms with Gasteiger partial charge in [0.05, 0.1) is 28.2 Å². The van der Waals surface area contributed by atoms with Crippen LogP contribution in [0.15, 0.2) is 48.6 Å². The van der Waals surface area contributed by atoms with Crippen molar-refractivity contribution < 1.29 is 14.4 Å². The van der Waals surface area contributed by atoms with Gasteiger partial charge in [0.25, 0.3) is 0 Å². The molecule has 0 aliphatic heterocycles. The second-order valence-corrected chi connectivity index (χ2v) is 8.04. The van der Waals surface area contributed by atoms with Gasteiger partial charge in [-0.1, -0.05) is 68.4 Å². The van der Waals surface area contributed by atoms with Gasteiger partial charge in [0, 0.05) is 5.97 Å². The Labute approximate surface area is 168 Å². The first kappa shape index (κ1) is 27.6. The Bertz CT molecular complexity index is 434. The van der Waals surface area contributed by atoms with E-state index in [0.717, 1.165) is 30.2 Å². The van der Waals surface area contributed by atoms with Crippen molar-refractivity contribution in [3.8, 4) is 0 Å². The normalized spacial score (nSPS) is 12.3. The molecule has 0 aromatic rings. The smallest absolute Gasteiger partial charge is 0.0675 e. The first-order valence-electron chi connectivity index (χ1n) is 10.4. The van der Waals surface area contributed by atoms with Gasteiger partial charge in [0.1, 0.15) is 0 Å². The first-order chi connectivity index (χ1) is 12.8. The topological polar surface area (TPSA) is 40.1 Å². The van der Waals surface area contributed by atoms with Crippen molar-refractivity contribution in [2.75, 3.05) is 28.2 Å². The second-order valence-electron chi connectivity index (χ2n) is 8.04. The lowest BCUT2D eigenvalue weighted by molar-refractivity contribution is -0.849. The van der Waals surface area contributed by atoms with Crippen molar-refractivity contribution in [1.82, 2.24) is 0 Å². The minimum absolute atomic E-state index is 0.151. The van der Waals surface area contributed by atoms with Crippen LogP contribution in [0.1, 0.15) is 71.1 Å². The van der Waals surface area contributed by atoms with E-state index in [1.54, 1.807) is 0 Å². The number of carboxylic acids is 1. The molecule has 0 aliphatic rings. The average molecular weight is 378 g/mol. The summed E-state index contributed by atoms with van der Waals surface area (Å²) in [7, 11) is 8.50. The predicted molar refractivity (Wildman–Crippen MR) is 117 cm³/mol. The van der Waals surface area contributed by atoms with E-state index in [0.29, 0.717) is 6.42 Å². The SMILES string of the molecule is CCCCC/C=C\C/C=C\C/C=C\C/C=C\CCCC(=O)[O-].C[N+](C)(C)C. The monoisotopic (exact) mass is 377 g/mol. The van der Waals surface area contributed by atoms with E-state index in [-0.39, 0.29) is 6.42 Å². The fourth-order valence-electron chi connectivity index (χ4n) is 1.93. The summed E-state index contributed by atoms with van der Waals surface area (Å²) in [6.45, 7) is 2.23. The highest BCUT2D eigenvalue weighted by Gasteiger charge is 1.88. The van der Waals surface area contributed by atoms with Crippen molar-refractivity contribution in [1.29, 1.82) is 0 Å². The molecule has 0 fully saturated rings. The van der Waals surface area contributed by atoms with Crippen LogP contribution in [-0.2, 0) is 4.79 Å². The fraction of sp³-hybridized carbons (Fsp3) is 0.625. The van der Waals surface area contributed by atoms with Crippen LogP contribution in [0.25, 0.3) is 0 Å². The lowest BCUT2D eigenvalue weighted by atomic mass is 10.2. The number of carbonyl (C=O) groups excluding carboxylic acids is 1. The van der Waals surface area contributed by atoms with Gasteiger partial charge in [-0.2, -0.15) is 0 Å². The van der Waals surface area contributed by atoms with Crippen LogP contribution in [0.4, 0.5) is 0 Å². The Morgan fingerprint density at radius 3 is 1.44 bits per heavy atom. The zero-order valence-corrected chi connectivity index (χ0v) is 18.5. The summed E-state index contributed by atoms with van der Waals surface area (Å²) in [4.78, 5) is 10.2. The third-order valence-corrected chi connectivity index (χ3v) is 3.21.